The van der Waals surface area contributed by atoms with Gasteiger partial charge in [0.15, 0.2) is 5.82 Å². The smallest absolute Gasteiger partial charge is 0.318 e. The molecule has 6 aromatic rings. The zero-order valence-corrected chi connectivity index (χ0v) is 49.1. The molecule has 4 saturated heterocycles. The molecule has 3 amide bonds. The Bertz CT molecular complexity index is 3440. The normalized spacial score (nSPS) is 20.0. The first-order valence-corrected chi connectivity index (χ1v) is 30.0. The molecule has 0 aliphatic carbocycles. The Hall–Kier alpha value is -7.83. The Kier molecular flexibility index (Phi) is 17.6. The van der Waals surface area contributed by atoms with E-state index in [-0.39, 0.29) is 59.4 Å². The van der Waals surface area contributed by atoms with Crippen LogP contribution in [0.5, 0.6) is 17.5 Å². The van der Waals surface area contributed by atoms with Gasteiger partial charge in [-0.25, -0.2) is 0 Å². The maximum atomic E-state index is 14.0. The Labute approximate surface area is 495 Å². The zero-order chi connectivity index (χ0) is 58.6. The minimum Gasteiger partial charge on any atom is -0.508 e. The van der Waals surface area contributed by atoms with Gasteiger partial charge in [-0.05, 0) is 119 Å². The first kappa shape index (κ1) is 58.0. The van der Waals surface area contributed by atoms with E-state index < -0.39 is 5.91 Å². The summed E-state index contributed by atoms with van der Waals surface area (Å²) in [6.45, 7) is 17.4. The van der Waals surface area contributed by atoms with Crippen molar-refractivity contribution < 1.29 is 29.3 Å². The summed E-state index contributed by atoms with van der Waals surface area (Å²) >= 11 is 6.83. The number of benzene rings is 4. The lowest BCUT2D eigenvalue weighted by Crippen LogP contribution is -2.55. The second-order valence-electron chi connectivity index (χ2n) is 22.8. The second kappa shape index (κ2) is 25.6. The third-order valence-electron chi connectivity index (χ3n) is 17.9. The first-order valence-electron chi connectivity index (χ1n) is 29.7. The number of anilines is 2. The highest BCUT2D eigenvalue weighted by Gasteiger charge is 2.37. The van der Waals surface area contributed by atoms with Gasteiger partial charge < -0.3 is 39.9 Å². The second-order valence-corrected chi connectivity index (χ2v) is 23.2. The highest BCUT2D eigenvalue weighted by Crippen LogP contribution is 2.39. The van der Waals surface area contributed by atoms with E-state index in [0.717, 1.165) is 124 Å². The van der Waals surface area contributed by atoms with E-state index in [9.17, 15) is 29.9 Å². The highest BCUT2D eigenvalue weighted by atomic mass is 35.5. The molecular weight excluding hydrogens is 1080 g/mol. The molecule has 0 bridgehead atoms. The van der Waals surface area contributed by atoms with Crippen LogP contribution in [-0.2, 0) is 35.5 Å². The molecule has 3 N–H and O–H groups in total. The van der Waals surface area contributed by atoms with Gasteiger partial charge in [0.25, 0.3) is 5.91 Å². The lowest BCUT2D eigenvalue weighted by molar-refractivity contribution is -0.139. The average Bonchev–Trinajstić information content (AvgIpc) is 4.31. The van der Waals surface area contributed by atoms with Crippen LogP contribution in [-0.4, -0.2) is 187 Å². The Morgan fingerprint density at radius 3 is 2.35 bits per heavy atom. The highest BCUT2D eigenvalue weighted by molar-refractivity contribution is 6.36. The molecule has 5 aliphatic rings. The average molecular weight is 1160 g/mol. The van der Waals surface area contributed by atoms with Gasteiger partial charge in [-0.15, -0.1) is 10.2 Å². The molecule has 84 heavy (non-hydrogen) atoms. The summed E-state index contributed by atoms with van der Waals surface area (Å²) in [5.74, 6) is 0.691. The van der Waals surface area contributed by atoms with Gasteiger partial charge in [0.2, 0.25) is 17.6 Å². The lowest BCUT2D eigenvalue weighted by Gasteiger charge is -2.42. The number of aromatic hydroxyl groups is 2. The van der Waals surface area contributed by atoms with Crippen LogP contribution >= 0.6 is 11.6 Å². The number of fused-ring (bicyclic) bond motifs is 2. The van der Waals surface area contributed by atoms with Gasteiger partial charge >= 0.3 is 6.01 Å². The minimum atomic E-state index is -0.393. The molecule has 440 valence electrons. The number of hydrogen-bond acceptors (Lipinski definition) is 16. The van der Waals surface area contributed by atoms with E-state index in [2.05, 4.69) is 88.9 Å². The molecule has 21 heteroatoms. The van der Waals surface area contributed by atoms with Crippen LogP contribution in [0.2, 0.25) is 5.02 Å². The summed E-state index contributed by atoms with van der Waals surface area (Å²) in [5, 5.41) is 45.2. The van der Waals surface area contributed by atoms with Crippen LogP contribution in [0.15, 0.2) is 85.5 Å². The third-order valence-corrected chi connectivity index (χ3v) is 18.2. The molecule has 4 fully saturated rings. The monoisotopic (exact) mass is 1160 g/mol. The quantitative estimate of drug-likeness (QED) is 0.0798. The number of piperazine rings is 2. The van der Waals surface area contributed by atoms with Gasteiger partial charge in [0.05, 0.1) is 41.4 Å². The maximum Gasteiger partial charge on any atom is 0.318 e. The summed E-state index contributed by atoms with van der Waals surface area (Å²) in [7, 11) is 2.19. The van der Waals surface area contributed by atoms with E-state index in [0.29, 0.717) is 86.1 Å². The molecule has 5 aliphatic heterocycles. The number of nitrogens with one attached hydrogen (secondary N) is 1. The standard InChI is InChI=1S/C63H75ClN14O6/c1-5-42-34-50(55(80)35-54(42)79)59-69-70-60(61(82)66-7-3)78(59)45-16-14-41(15-17-45)36-72-25-21-44(22-26-72)62(83)74-30-28-73(29-31-74)37-46-18-19-48(71(46)4)40-84-63-67-52-39-75(53-13-9-11-43-10-8-12-51(64)57(43)53)27-23-49(52)58(68-63)76-32-33-77(56(81)6-2)47(38-76)20-24-65/h6,8-17,34-35,44,46-48,79-80H,2,5,7,18-23,25-33,36-40H2,1,3-4H3,(H,66,82)/t46-,47+,48+/m1/s1. The van der Waals surface area contributed by atoms with Gasteiger partial charge in [-0.3, -0.25) is 33.7 Å². The number of hydrogen-bond donors (Lipinski definition) is 3. The number of phenolic OH excluding ortho intramolecular Hbond substituents is 2. The largest absolute Gasteiger partial charge is 0.508 e. The number of likely N-dealkylation sites (N-methyl/N-ethyl adjacent to an activating group) is 1. The van der Waals surface area contributed by atoms with Crippen molar-refractivity contribution in [2.45, 2.75) is 90.0 Å². The van der Waals surface area contributed by atoms with Crippen LogP contribution in [0.4, 0.5) is 11.5 Å². The van der Waals surface area contributed by atoms with Crippen molar-refractivity contribution in [3.05, 3.63) is 119 Å². The summed E-state index contributed by atoms with van der Waals surface area (Å²) in [4.78, 5) is 66.0. The summed E-state index contributed by atoms with van der Waals surface area (Å²) in [6.07, 6.45) is 6.38. The van der Waals surface area contributed by atoms with E-state index in [1.165, 1.54) is 12.1 Å². The number of nitriles is 1. The van der Waals surface area contributed by atoms with Crippen LogP contribution in [0.25, 0.3) is 27.8 Å². The van der Waals surface area contributed by atoms with E-state index in [1.807, 2.05) is 50.2 Å². The Morgan fingerprint density at radius 1 is 0.845 bits per heavy atom. The van der Waals surface area contributed by atoms with Crippen LogP contribution in [0.1, 0.15) is 79.0 Å². The molecule has 11 rings (SSSR count). The van der Waals surface area contributed by atoms with Crippen LogP contribution in [0.3, 0.4) is 0 Å². The molecule has 0 saturated carbocycles. The number of aryl methyl sites for hydroxylation is 1. The topological polar surface area (TPSA) is 216 Å². The van der Waals surface area contributed by atoms with Gasteiger partial charge in [-0.2, -0.15) is 15.2 Å². The SMILES string of the molecule is C=CC(=O)N1CCN(c2nc(OC[C@@H]3CC[C@H](CN4CCN(C(=O)C5CCN(Cc6ccc(-n7c(C(=O)NCC)nnc7-c7cc(CC)c(O)cc7O)cc6)CC5)CC4)N3C)nc3c2CCN(c2cccc4cccc(Cl)c24)C3)C[C@@H]1CC#N. The fourth-order valence-electron chi connectivity index (χ4n) is 13.1. The van der Waals surface area contributed by atoms with Crippen molar-refractivity contribution in [1.82, 2.24) is 54.5 Å². The molecule has 4 aromatic carbocycles. The van der Waals surface area contributed by atoms with Gasteiger partial charge in [0.1, 0.15) is 23.9 Å². The fourth-order valence-corrected chi connectivity index (χ4v) is 13.4. The summed E-state index contributed by atoms with van der Waals surface area (Å²) < 4.78 is 8.26. The van der Waals surface area contributed by atoms with E-state index in [1.54, 1.807) is 15.5 Å². The van der Waals surface area contributed by atoms with Crippen molar-refractivity contribution in [3.63, 3.8) is 0 Å². The number of carbonyl (C=O) groups is 3. The van der Waals surface area contributed by atoms with E-state index in [4.69, 9.17) is 26.3 Å². The number of piperidine rings is 1. The number of likely N-dealkylation sites (tertiary alicyclic amines) is 2. The number of halogens is 1. The molecule has 20 nitrogen and oxygen atoms in total. The number of nitrogens with zero attached hydrogens (tertiary/aromatic N) is 13. The lowest BCUT2D eigenvalue weighted by atomic mass is 9.94. The third kappa shape index (κ3) is 12.1. The molecule has 0 unspecified atom stereocenters. The van der Waals surface area contributed by atoms with Crippen molar-refractivity contribution in [3.8, 4) is 40.7 Å². The number of phenols is 2. The fraction of sp³-hybridized carbons (Fsp3) is 0.460. The number of aromatic nitrogens is 5. The molecule has 2 aromatic heterocycles. The molecular formula is C63H75ClN14O6. The van der Waals surface area contributed by atoms with Crippen LogP contribution in [0, 0.1) is 17.2 Å². The number of carbonyl (C=O) groups excluding carboxylic acids is 3. The molecule has 0 spiro atoms. The predicted molar refractivity (Wildman–Crippen MR) is 322 cm³/mol. The number of rotatable bonds is 17. The molecule has 3 atom stereocenters. The Balaban J connectivity index is 0.676. The van der Waals surface area contributed by atoms with E-state index >= 15 is 0 Å². The zero-order valence-electron chi connectivity index (χ0n) is 48.3. The first-order chi connectivity index (χ1) is 40.8. The predicted octanol–water partition coefficient (Wildman–Crippen LogP) is 6.83. The van der Waals surface area contributed by atoms with Crippen molar-refractivity contribution in [2.24, 2.45) is 5.92 Å². The number of ether oxygens (including phenoxy) is 1. The number of amides is 3. The van der Waals surface area contributed by atoms with Gasteiger partial charge in [0, 0.05) is 118 Å². The van der Waals surface area contributed by atoms with Crippen molar-refractivity contribution in [2.75, 3.05) is 102 Å². The summed E-state index contributed by atoms with van der Waals surface area (Å²) in [5.41, 5.74) is 5.75. The molecule has 0 radical (unpaired) electrons. The summed E-state index contributed by atoms with van der Waals surface area (Å²) in [6, 6.07) is 25.9. The minimum absolute atomic E-state index is 0.00240. The van der Waals surface area contributed by atoms with Gasteiger partial charge in [-0.1, -0.05) is 61.5 Å². The maximum absolute atomic E-state index is 14.0. The van der Waals surface area contributed by atoms with Crippen molar-refractivity contribution >= 4 is 51.6 Å². The van der Waals surface area contributed by atoms with Crippen LogP contribution < -0.4 is 19.9 Å². The molecule has 7 heterocycles. The Morgan fingerprint density at radius 2 is 1.61 bits per heavy atom. The van der Waals surface area contributed by atoms with Crippen molar-refractivity contribution in [1.29, 1.82) is 5.26 Å².